The van der Waals surface area contributed by atoms with Crippen LogP contribution < -0.4 is 5.32 Å². The summed E-state index contributed by atoms with van der Waals surface area (Å²) in [5.41, 5.74) is 2.45. The van der Waals surface area contributed by atoms with Crippen LogP contribution in [0.3, 0.4) is 0 Å². The molecule has 0 bridgehead atoms. The third-order valence-corrected chi connectivity index (χ3v) is 2.51. The van der Waals surface area contributed by atoms with Crippen LogP contribution >= 0.6 is 0 Å². The van der Waals surface area contributed by atoms with E-state index in [0.717, 1.165) is 11.4 Å². The number of nitrogens with zero attached hydrogens (tertiary/aromatic N) is 3. The van der Waals surface area contributed by atoms with Crippen LogP contribution in [0.5, 0.6) is 0 Å². The number of benzene rings is 1. The first-order chi connectivity index (χ1) is 8.66. The summed E-state index contributed by atoms with van der Waals surface area (Å²) in [5, 5.41) is 13.8. The standard InChI is InChI=1S/C12H12N4O2/c1-9-6-10(2-3-12(9)16(17)18)14-7-11-4-5-13-8-15-11/h2-6,8,14H,7H2,1H3. The molecular formula is C12H12N4O2. The maximum atomic E-state index is 10.7. The van der Waals surface area contributed by atoms with E-state index in [-0.39, 0.29) is 10.6 Å². The largest absolute Gasteiger partial charge is 0.379 e. The smallest absolute Gasteiger partial charge is 0.272 e. The Balaban J connectivity index is 2.07. The van der Waals surface area contributed by atoms with Gasteiger partial charge in [-0.2, -0.15) is 0 Å². The van der Waals surface area contributed by atoms with E-state index in [2.05, 4.69) is 15.3 Å². The minimum absolute atomic E-state index is 0.127. The van der Waals surface area contributed by atoms with Crippen molar-refractivity contribution in [3.05, 3.63) is 58.2 Å². The monoisotopic (exact) mass is 244 g/mol. The number of hydrogen-bond donors (Lipinski definition) is 1. The summed E-state index contributed by atoms with van der Waals surface area (Å²) in [6.07, 6.45) is 3.16. The van der Waals surface area contributed by atoms with E-state index < -0.39 is 0 Å². The van der Waals surface area contributed by atoms with E-state index in [1.54, 1.807) is 25.3 Å². The van der Waals surface area contributed by atoms with Crippen LogP contribution in [-0.4, -0.2) is 14.9 Å². The van der Waals surface area contributed by atoms with Crippen molar-refractivity contribution in [3.8, 4) is 0 Å². The molecule has 0 unspecified atom stereocenters. The fraction of sp³-hybridized carbons (Fsp3) is 0.167. The summed E-state index contributed by atoms with van der Waals surface area (Å²) in [5.74, 6) is 0. The Labute approximate surface area is 104 Å². The molecule has 92 valence electrons. The molecule has 0 aliphatic rings. The first-order valence-corrected chi connectivity index (χ1v) is 5.40. The number of nitrogens with one attached hydrogen (secondary N) is 1. The van der Waals surface area contributed by atoms with Crippen LogP contribution in [0, 0.1) is 17.0 Å². The second-order valence-corrected chi connectivity index (χ2v) is 3.81. The Morgan fingerprint density at radius 3 is 2.83 bits per heavy atom. The highest BCUT2D eigenvalue weighted by molar-refractivity contribution is 5.53. The molecule has 0 atom stereocenters. The Kier molecular flexibility index (Phi) is 3.47. The fourth-order valence-corrected chi connectivity index (χ4v) is 1.59. The summed E-state index contributed by atoms with van der Waals surface area (Å²) in [4.78, 5) is 18.2. The van der Waals surface area contributed by atoms with Gasteiger partial charge in [-0.3, -0.25) is 10.1 Å². The van der Waals surface area contributed by atoms with Crippen molar-refractivity contribution in [1.82, 2.24) is 9.97 Å². The van der Waals surface area contributed by atoms with E-state index in [9.17, 15) is 10.1 Å². The molecule has 18 heavy (non-hydrogen) atoms. The molecule has 1 N–H and O–H groups in total. The van der Waals surface area contributed by atoms with Gasteiger partial charge in [-0.1, -0.05) is 0 Å². The maximum Gasteiger partial charge on any atom is 0.272 e. The van der Waals surface area contributed by atoms with Crippen LogP contribution in [0.2, 0.25) is 0 Å². The van der Waals surface area contributed by atoms with Gasteiger partial charge in [-0.15, -0.1) is 0 Å². The average Bonchev–Trinajstić information content (AvgIpc) is 2.37. The highest BCUT2D eigenvalue weighted by atomic mass is 16.6. The summed E-state index contributed by atoms with van der Waals surface area (Å²) < 4.78 is 0. The van der Waals surface area contributed by atoms with Gasteiger partial charge in [0.15, 0.2) is 0 Å². The number of hydrogen-bond acceptors (Lipinski definition) is 5. The van der Waals surface area contributed by atoms with Crippen LogP contribution in [0.15, 0.2) is 36.8 Å². The highest BCUT2D eigenvalue weighted by Crippen LogP contribution is 2.21. The van der Waals surface area contributed by atoms with E-state index in [1.165, 1.54) is 12.4 Å². The SMILES string of the molecule is Cc1cc(NCc2ccncn2)ccc1[N+](=O)[O-]. The van der Waals surface area contributed by atoms with Crippen LogP contribution in [-0.2, 0) is 6.54 Å². The first kappa shape index (κ1) is 12.0. The number of nitro groups is 1. The predicted octanol–water partition coefficient (Wildman–Crippen LogP) is 2.31. The Bertz CT molecular complexity index is 557. The van der Waals surface area contributed by atoms with E-state index >= 15 is 0 Å². The van der Waals surface area contributed by atoms with Crippen molar-refractivity contribution in [2.45, 2.75) is 13.5 Å². The van der Waals surface area contributed by atoms with Gasteiger partial charge in [0, 0.05) is 23.5 Å². The molecular weight excluding hydrogens is 232 g/mol. The van der Waals surface area contributed by atoms with Gasteiger partial charge in [0.05, 0.1) is 17.2 Å². The molecule has 1 aromatic heterocycles. The van der Waals surface area contributed by atoms with Gasteiger partial charge in [-0.05, 0) is 25.1 Å². The number of rotatable bonds is 4. The topological polar surface area (TPSA) is 81.0 Å². The van der Waals surface area contributed by atoms with Crippen LogP contribution in [0.25, 0.3) is 0 Å². The number of aryl methyl sites for hydroxylation is 1. The molecule has 1 heterocycles. The number of nitro benzene ring substituents is 1. The molecule has 0 saturated carbocycles. The van der Waals surface area contributed by atoms with Gasteiger partial charge < -0.3 is 5.32 Å². The van der Waals surface area contributed by atoms with Crippen LogP contribution in [0.1, 0.15) is 11.3 Å². The summed E-state index contributed by atoms with van der Waals surface area (Å²) >= 11 is 0. The second kappa shape index (κ2) is 5.22. The van der Waals surface area contributed by atoms with Crippen molar-refractivity contribution < 1.29 is 4.92 Å². The summed E-state index contributed by atoms with van der Waals surface area (Å²) in [6.45, 7) is 2.27. The molecule has 0 spiro atoms. The van der Waals surface area contributed by atoms with Crippen molar-refractivity contribution in [3.63, 3.8) is 0 Å². The zero-order valence-electron chi connectivity index (χ0n) is 9.83. The van der Waals surface area contributed by atoms with Crippen molar-refractivity contribution in [2.75, 3.05) is 5.32 Å². The van der Waals surface area contributed by atoms with Crippen molar-refractivity contribution in [2.24, 2.45) is 0 Å². The quantitative estimate of drug-likeness (QED) is 0.659. The number of aromatic nitrogens is 2. The fourth-order valence-electron chi connectivity index (χ4n) is 1.59. The highest BCUT2D eigenvalue weighted by Gasteiger charge is 2.09. The van der Waals surface area contributed by atoms with Crippen molar-refractivity contribution >= 4 is 11.4 Å². The Hall–Kier alpha value is -2.50. The van der Waals surface area contributed by atoms with Gasteiger partial charge >= 0.3 is 0 Å². The van der Waals surface area contributed by atoms with Gasteiger partial charge in [0.1, 0.15) is 6.33 Å². The zero-order chi connectivity index (χ0) is 13.0. The molecule has 0 amide bonds. The van der Waals surface area contributed by atoms with Crippen molar-refractivity contribution in [1.29, 1.82) is 0 Å². The maximum absolute atomic E-state index is 10.7. The van der Waals surface area contributed by atoms with E-state index in [4.69, 9.17) is 0 Å². The zero-order valence-corrected chi connectivity index (χ0v) is 9.83. The number of anilines is 1. The molecule has 0 aliphatic heterocycles. The van der Waals surface area contributed by atoms with Gasteiger partial charge in [0.25, 0.3) is 5.69 Å². The lowest BCUT2D eigenvalue weighted by Gasteiger charge is -2.06. The van der Waals surface area contributed by atoms with E-state index in [0.29, 0.717) is 12.1 Å². The first-order valence-electron chi connectivity index (χ1n) is 5.40. The molecule has 2 rings (SSSR count). The Morgan fingerprint density at radius 2 is 2.22 bits per heavy atom. The third-order valence-electron chi connectivity index (χ3n) is 2.51. The molecule has 2 aromatic rings. The summed E-state index contributed by atoms with van der Waals surface area (Å²) in [6, 6.07) is 6.74. The second-order valence-electron chi connectivity index (χ2n) is 3.81. The summed E-state index contributed by atoms with van der Waals surface area (Å²) in [7, 11) is 0. The predicted molar refractivity (Wildman–Crippen MR) is 67.2 cm³/mol. The lowest BCUT2D eigenvalue weighted by molar-refractivity contribution is -0.385. The molecule has 0 fully saturated rings. The van der Waals surface area contributed by atoms with Gasteiger partial charge in [-0.25, -0.2) is 9.97 Å². The minimum Gasteiger partial charge on any atom is -0.379 e. The minimum atomic E-state index is -0.385. The lowest BCUT2D eigenvalue weighted by Crippen LogP contribution is -2.02. The lowest BCUT2D eigenvalue weighted by atomic mass is 10.2. The normalized spacial score (nSPS) is 10.1. The molecule has 0 aliphatic carbocycles. The molecule has 0 saturated heterocycles. The van der Waals surface area contributed by atoms with Crippen LogP contribution in [0.4, 0.5) is 11.4 Å². The van der Waals surface area contributed by atoms with Gasteiger partial charge in [0.2, 0.25) is 0 Å². The van der Waals surface area contributed by atoms with E-state index in [1.807, 2.05) is 6.07 Å². The molecule has 6 nitrogen and oxygen atoms in total. The Morgan fingerprint density at radius 1 is 1.39 bits per heavy atom. The molecule has 1 aromatic carbocycles. The average molecular weight is 244 g/mol. The molecule has 6 heteroatoms. The third kappa shape index (κ3) is 2.79. The molecule has 0 radical (unpaired) electrons.